The molecule has 2 heterocycles. The van der Waals surface area contributed by atoms with E-state index in [1.807, 2.05) is 17.0 Å². The fourth-order valence-corrected chi connectivity index (χ4v) is 5.97. The molecule has 0 aromatic heterocycles. The molecule has 2 N–H and O–H groups in total. The molecule has 2 aromatic carbocycles. The Balaban J connectivity index is 1.50. The van der Waals surface area contributed by atoms with Crippen molar-refractivity contribution in [1.29, 1.82) is 0 Å². The Morgan fingerprint density at radius 2 is 2.03 bits per heavy atom. The van der Waals surface area contributed by atoms with Gasteiger partial charge in [0, 0.05) is 12.0 Å². The van der Waals surface area contributed by atoms with Crippen molar-refractivity contribution in [3.63, 3.8) is 0 Å². The maximum Gasteiger partial charge on any atom is 0.230 e. The molecule has 1 saturated carbocycles. The highest BCUT2D eigenvalue weighted by Gasteiger charge is 2.68. The van der Waals surface area contributed by atoms with Gasteiger partial charge in [-0.3, -0.25) is 4.79 Å². The molecule has 2 aliphatic heterocycles. The lowest BCUT2D eigenvalue weighted by molar-refractivity contribution is -0.184. The zero-order valence-corrected chi connectivity index (χ0v) is 19.4. The van der Waals surface area contributed by atoms with E-state index in [-0.39, 0.29) is 35.7 Å². The van der Waals surface area contributed by atoms with E-state index >= 15 is 0 Å². The summed E-state index contributed by atoms with van der Waals surface area (Å²) >= 11 is 3.51. The monoisotopic (exact) mass is 504 g/mol. The van der Waals surface area contributed by atoms with Crippen LogP contribution in [0.3, 0.4) is 0 Å². The molecule has 3 aliphatic rings. The first-order valence-electron chi connectivity index (χ1n) is 10.7. The molecular formula is C24H26BrFN2O4. The lowest BCUT2D eigenvalue weighted by Crippen LogP contribution is -2.61. The predicted molar refractivity (Wildman–Crippen MR) is 119 cm³/mol. The summed E-state index contributed by atoms with van der Waals surface area (Å²) in [7, 11) is 1.64. The summed E-state index contributed by atoms with van der Waals surface area (Å²) < 4.78 is 25.5. The number of likely N-dealkylation sites (tertiary alicyclic amines) is 1. The minimum Gasteiger partial charge on any atom is -0.496 e. The van der Waals surface area contributed by atoms with Crippen molar-refractivity contribution in [3.05, 3.63) is 63.9 Å². The second-order valence-corrected chi connectivity index (χ2v) is 10.2. The average Bonchev–Trinajstić information content (AvgIpc) is 3.49. The summed E-state index contributed by atoms with van der Waals surface area (Å²) in [6, 6.07) is 11.9. The van der Waals surface area contributed by atoms with Crippen LogP contribution in [0.4, 0.5) is 4.39 Å². The third kappa shape index (κ3) is 3.53. The number of piperidine rings is 1. The first kappa shape index (κ1) is 21.8. The van der Waals surface area contributed by atoms with Crippen LogP contribution in [0.1, 0.15) is 35.9 Å². The number of hydrogen-bond donors (Lipinski definition) is 1. The lowest BCUT2D eigenvalue weighted by atomic mass is 9.70. The second-order valence-electron chi connectivity index (χ2n) is 9.31. The molecule has 2 aromatic rings. The predicted octanol–water partition coefficient (Wildman–Crippen LogP) is 3.95. The number of hydrogen-bond acceptors (Lipinski definition) is 5. The number of nitrogens with two attached hydrogens (primary N) is 1. The van der Waals surface area contributed by atoms with Crippen molar-refractivity contribution >= 4 is 21.8 Å². The topological polar surface area (TPSA) is 74.0 Å². The van der Waals surface area contributed by atoms with Gasteiger partial charge in [-0.05, 0) is 70.1 Å². The Morgan fingerprint density at radius 3 is 2.66 bits per heavy atom. The third-order valence-corrected chi connectivity index (χ3v) is 7.89. The Labute approximate surface area is 194 Å². The quantitative estimate of drug-likeness (QED) is 0.602. The number of carbonyl (C=O) groups is 1. The van der Waals surface area contributed by atoms with Gasteiger partial charge in [-0.25, -0.2) is 10.3 Å². The van der Waals surface area contributed by atoms with Gasteiger partial charge < -0.3 is 19.2 Å². The van der Waals surface area contributed by atoms with Gasteiger partial charge in [0.1, 0.15) is 11.6 Å². The largest absolute Gasteiger partial charge is 0.496 e. The standard InChI is InChI=1S/C24H26BrFN2O4/c1-30-21-8-16(4-7-19(21)25)18-9-24(18)11-23(13-31-14-23)12-28(22(24)29)20(10-32-27)15-2-5-17(26)6-3-15/h2-8,18,20H,9-14,27H2,1H3. The molecule has 5 rings (SSSR count). The fourth-order valence-electron chi connectivity index (χ4n) is 5.56. The van der Waals surface area contributed by atoms with Gasteiger partial charge in [-0.15, -0.1) is 0 Å². The number of ether oxygens (including phenoxy) is 2. The van der Waals surface area contributed by atoms with Gasteiger partial charge in [0.25, 0.3) is 0 Å². The van der Waals surface area contributed by atoms with E-state index < -0.39 is 5.41 Å². The van der Waals surface area contributed by atoms with E-state index in [0.717, 1.165) is 34.2 Å². The second kappa shape index (κ2) is 8.09. The molecule has 0 bridgehead atoms. The molecule has 170 valence electrons. The fraction of sp³-hybridized carbons (Fsp3) is 0.458. The highest BCUT2D eigenvalue weighted by molar-refractivity contribution is 9.10. The molecule has 8 heteroatoms. The number of amides is 1. The molecule has 3 atom stereocenters. The van der Waals surface area contributed by atoms with E-state index in [4.69, 9.17) is 20.2 Å². The Bertz CT molecular complexity index is 1030. The average molecular weight is 505 g/mol. The van der Waals surface area contributed by atoms with Crippen molar-refractivity contribution < 1.29 is 23.5 Å². The maximum atomic E-state index is 14.0. The van der Waals surface area contributed by atoms with Crippen LogP contribution in [0, 0.1) is 16.6 Å². The van der Waals surface area contributed by atoms with Crippen LogP contribution < -0.4 is 10.6 Å². The summed E-state index contributed by atoms with van der Waals surface area (Å²) in [5, 5.41) is 0. The number of halogens is 2. The number of carbonyl (C=O) groups excluding carboxylic acids is 1. The normalized spacial score (nSPS) is 26.8. The van der Waals surface area contributed by atoms with Crippen LogP contribution in [0.15, 0.2) is 46.9 Å². The smallest absolute Gasteiger partial charge is 0.230 e. The lowest BCUT2D eigenvalue weighted by Gasteiger charge is -2.53. The van der Waals surface area contributed by atoms with E-state index in [1.165, 1.54) is 12.1 Å². The first-order chi connectivity index (χ1) is 15.4. The van der Waals surface area contributed by atoms with Crippen molar-refractivity contribution in [3.8, 4) is 5.75 Å². The van der Waals surface area contributed by atoms with Crippen LogP contribution in [0.5, 0.6) is 5.75 Å². The number of benzene rings is 2. The summed E-state index contributed by atoms with van der Waals surface area (Å²) in [6.45, 7) is 1.99. The van der Waals surface area contributed by atoms with Crippen molar-refractivity contribution in [2.45, 2.75) is 24.8 Å². The Morgan fingerprint density at radius 1 is 1.28 bits per heavy atom. The van der Waals surface area contributed by atoms with Crippen LogP contribution in [-0.2, 0) is 14.4 Å². The summed E-state index contributed by atoms with van der Waals surface area (Å²) in [5.74, 6) is 6.11. The molecule has 32 heavy (non-hydrogen) atoms. The van der Waals surface area contributed by atoms with Gasteiger partial charge in [0.2, 0.25) is 5.91 Å². The van der Waals surface area contributed by atoms with Crippen LogP contribution in [-0.4, -0.2) is 44.3 Å². The zero-order chi connectivity index (χ0) is 22.5. The van der Waals surface area contributed by atoms with Crippen LogP contribution in [0.2, 0.25) is 0 Å². The molecule has 0 radical (unpaired) electrons. The molecule has 1 amide bonds. The minimum absolute atomic E-state index is 0.0744. The maximum absolute atomic E-state index is 14.0. The summed E-state index contributed by atoms with van der Waals surface area (Å²) in [5.41, 5.74) is 1.35. The van der Waals surface area contributed by atoms with Crippen molar-refractivity contribution in [2.24, 2.45) is 16.7 Å². The van der Waals surface area contributed by atoms with Gasteiger partial charge in [0.05, 0.1) is 42.9 Å². The third-order valence-electron chi connectivity index (χ3n) is 7.24. The number of rotatable bonds is 6. The highest BCUT2D eigenvalue weighted by atomic mass is 79.9. The van der Waals surface area contributed by atoms with E-state index in [2.05, 4.69) is 22.0 Å². The molecule has 6 nitrogen and oxygen atoms in total. The van der Waals surface area contributed by atoms with Crippen LogP contribution >= 0.6 is 15.9 Å². The molecule has 2 saturated heterocycles. The first-order valence-corrected chi connectivity index (χ1v) is 11.5. The Kier molecular flexibility index (Phi) is 5.52. The van der Waals surface area contributed by atoms with Gasteiger partial charge in [0.15, 0.2) is 0 Å². The number of methoxy groups -OCH3 is 1. The van der Waals surface area contributed by atoms with Crippen molar-refractivity contribution in [2.75, 3.05) is 33.5 Å². The van der Waals surface area contributed by atoms with Gasteiger partial charge >= 0.3 is 0 Å². The highest BCUT2D eigenvalue weighted by Crippen LogP contribution is 2.68. The van der Waals surface area contributed by atoms with Gasteiger partial charge in [-0.1, -0.05) is 18.2 Å². The minimum atomic E-state index is -0.478. The van der Waals surface area contributed by atoms with Crippen LogP contribution in [0.25, 0.3) is 0 Å². The summed E-state index contributed by atoms with van der Waals surface area (Å²) in [6.07, 6.45) is 1.59. The molecule has 3 fully saturated rings. The van der Waals surface area contributed by atoms with E-state index in [9.17, 15) is 9.18 Å². The Hall–Kier alpha value is -2.00. The zero-order valence-electron chi connectivity index (χ0n) is 17.9. The molecule has 1 aliphatic carbocycles. The molecular weight excluding hydrogens is 479 g/mol. The van der Waals surface area contributed by atoms with Gasteiger partial charge in [-0.2, -0.15) is 0 Å². The SMILES string of the molecule is COc1cc(C2CC23CC2(COC2)CN(C(CON)c2ccc(F)cc2)C3=O)ccc1Br. The molecule has 2 spiro atoms. The van der Waals surface area contributed by atoms with E-state index in [1.54, 1.807) is 19.2 Å². The molecule has 3 unspecified atom stereocenters. The summed E-state index contributed by atoms with van der Waals surface area (Å²) in [4.78, 5) is 20.9. The van der Waals surface area contributed by atoms with Crippen molar-refractivity contribution in [1.82, 2.24) is 4.90 Å². The van der Waals surface area contributed by atoms with E-state index in [0.29, 0.717) is 19.8 Å². The number of nitrogens with zero attached hydrogens (tertiary/aromatic N) is 1.